The van der Waals surface area contributed by atoms with Crippen molar-refractivity contribution in [2.75, 3.05) is 19.6 Å². The summed E-state index contributed by atoms with van der Waals surface area (Å²) in [6.07, 6.45) is -0.251. The molecule has 0 aliphatic carbocycles. The molecule has 2 aromatic rings. The minimum Gasteiger partial charge on any atom is -0.385 e. The van der Waals surface area contributed by atoms with E-state index in [4.69, 9.17) is 0 Å². The molecule has 3 rings (SSSR count). The van der Waals surface area contributed by atoms with Crippen molar-refractivity contribution in [2.24, 2.45) is 0 Å². The van der Waals surface area contributed by atoms with Gasteiger partial charge in [0.15, 0.2) is 11.6 Å². The molecule has 1 saturated heterocycles. The van der Waals surface area contributed by atoms with Gasteiger partial charge in [-0.3, -0.25) is 4.79 Å². The molecular weight excluding hydrogens is 496 g/mol. The Morgan fingerprint density at radius 2 is 1.93 bits per heavy atom. The van der Waals surface area contributed by atoms with Gasteiger partial charge in [-0.1, -0.05) is 13.0 Å². The van der Waals surface area contributed by atoms with Crippen LogP contribution in [0.15, 0.2) is 30.3 Å². The third-order valence-electron chi connectivity index (χ3n) is 5.34. The number of likely N-dealkylation sites (tertiary alicyclic amines) is 1. The van der Waals surface area contributed by atoms with Crippen LogP contribution in [0.25, 0.3) is 0 Å². The molecule has 0 saturated carbocycles. The van der Waals surface area contributed by atoms with Crippen LogP contribution in [0.3, 0.4) is 0 Å². The number of likely N-dealkylation sites (N-methyl/N-ethyl adjacent to an activating group) is 1. The maximum Gasteiger partial charge on any atom is 0.254 e. The van der Waals surface area contributed by atoms with Crippen LogP contribution in [0.1, 0.15) is 35.3 Å². The molecule has 4 nitrogen and oxygen atoms in total. The number of amides is 1. The highest BCUT2D eigenvalue weighted by Gasteiger charge is 2.47. The van der Waals surface area contributed by atoms with Crippen LogP contribution in [-0.2, 0) is 6.42 Å². The van der Waals surface area contributed by atoms with Crippen LogP contribution in [0.4, 0.5) is 13.2 Å². The van der Waals surface area contributed by atoms with Crippen LogP contribution < -0.4 is 5.32 Å². The van der Waals surface area contributed by atoms with E-state index >= 15 is 0 Å². The molecule has 2 N–H and O–H groups in total. The summed E-state index contributed by atoms with van der Waals surface area (Å²) in [5.74, 6) is -3.32. The fraction of sp³-hybridized carbons (Fsp3) is 0.381. The van der Waals surface area contributed by atoms with Crippen LogP contribution in [0.2, 0.25) is 0 Å². The number of carbonyl (C=O) groups is 1. The van der Waals surface area contributed by atoms with E-state index in [-0.39, 0.29) is 42.2 Å². The van der Waals surface area contributed by atoms with Crippen molar-refractivity contribution < 1.29 is 23.1 Å². The molecule has 1 heterocycles. The van der Waals surface area contributed by atoms with Gasteiger partial charge in [0.25, 0.3) is 5.91 Å². The van der Waals surface area contributed by atoms with E-state index in [2.05, 4.69) is 5.32 Å². The van der Waals surface area contributed by atoms with Gasteiger partial charge in [-0.15, -0.1) is 0 Å². The number of nitrogens with one attached hydrogen (secondary N) is 1. The van der Waals surface area contributed by atoms with Gasteiger partial charge >= 0.3 is 0 Å². The molecule has 1 unspecified atom stereocenters. The average Bonchev–Trinajstić information content (AvgIpc) is 2.64. The summed E-state index contributed by atoms with van der Waals surface area (Å²) >= 11 is 1.95. The summed E-state index contributed by atoms with van der Waals surface area (Å²) in [6.45, 7) is 4.57. The van der Waals surface area contributed by atoms with E-state index < -0.39 is 29.0 Å². The third-order valence-corrected chi connectivity index (χ3v) is 6.01. The first-order valence-electron chi connectivity index (χ1n) is 9.32. The standard InChI is InChI=1S/C21H22F3IN2O2/c1-3-26-12(2)21(29)10-27(11-21)20(28)15-6-7-17(22)19(24)16(15)8-13-4-5-14(25)9-18(13)23/h4-7,9,12,26,29H,3,8,10-11H2,1-2H3. The van der Waals surface area contributed by atoms with Crippen LogP contribution >= 0.6 is 22.6 Å². The molecule has 29 heavy (non-hydrogen) atoms. The summed E-state index contributed by atoms with van der Waals surface area (Å²) in [5.41, 5.74) is -1.12. The highest BCUT2D eigenvalue weighted by Crippen LogP contribution is 2.29. The van der Waals surface area contributed by atoms with Crippen molar-refractivity contribution in [3.05, 3.63) is 68.0 Å². The molecule has 1 amide bonds. The lowest BCUT2D eigenvalue weighted by Crippen LogP contribution is -2.70. The zero-order valence-electron chi connectivity index (χ0n) is 16.1. The molecule has 0 bridgehead atoms. The highest BCUT2D eigenvalue weighted by atomic mass is 127. The van der Waals surface area contributed by atoms with Crippen molar-refractivity contribution >= 4 is 28.5 Å². The molecule has 1 aliphatic rings. The Morgan fingerprint density at radius 3 is 2.55 bits per heavy atom. The van der Waals surface area contributed by atoms with Gasteiger partial charge in [0.05, 0.1) is 13.1 Å². The smallest absolute Gasteiger partial charge is 0.254 e. The monoisotopic (exact) mass is 518 g/mol. The first kappa shape index (κ1) is 22.0. The lowest BCUT2D eigenvalue weighted by molar-refractivity contribution is -0.100. The van der Waals surface area contributed by atoms with E-state index in [9.17, 15) is 23.1 Å². The lowest BCUT2D eigenvalue weighted by atomic mass is 9.85. The van der Waals surface area contributed by atoms with Gasteiger partial charge in [-0.2, -0.15) is 0 Å². The molecule has 1 atom stereocenters. The number of aliphatic hydroxyl groups is 1. The molecule has 8 heteroatoms. The van der Waals surface area contributed by atoms with E-state index in [1.54, 1.807) is 6.07 Å². The number of hydrogen-bond acceptors (Lipinski definition) is 3. The summed E-state index contributed by atoms with van der Waals surface area (Å²) in [6, 6.07) is 6.34. The second-order valence-corrected chi connectivity index (χ2v) is 8.59. The van der Waals surface area contributed by atoms with Gasteiger partial charge in [0.1, 0.15) is 11.4 Å². The first-order chi connectivity index (χ1) is 13.7. The maximum atomic E-state index is 14.6. The van der Waals surface area contributed by atoms with Crippen molar-refractivity contribution in [1.29, 1.82) is 0 Å². The minimum atomic E-state index is -1.16. The first-order valence-corrected chi connectivity index (χ1v) is 10.4. The number of carbonyl (C=O) groups excluding carboxylic acids is 1. The number of nitrogens with zero attached hydrogens (tertiary/aromatic N) is 1. The van der Waals surface area contributed by atoms with E-state index in [0.29, 0.717) is 10.1 Å². The molecule has 156 valence electrons. The zero-order chi connectivity index (χ0) is 21.3. The number of hydrogen-bond donors (Lipinski definition) is 2. The maximum absolute atomic E-state index is 14.6. The van der Waals surface area contributed by atoms with Gasteiger partial charge in [0, 0.05) is 27.2 Å². The molecule has 0 spiro atoms. The van der Waals surface area contributed by atoms with E-state index in [1.165, 1.54) is 23.1 Å². The lowest BCUT2D eigenvalue weighted by Gasteiger charge is -2.50. The Balaban J connectivity index is 1.87. The Labute approximate surface area is 181 Å². The van der Waals surface area contributed by atoms with Gasteiger partial charge in [-0.25, -0.2) is 13.2 Å². The Kier molecular flexibility index (Phi) is 6.54. The minimum absolute atomic E-state index is 0.0278. The third kappa shape index (κ3) is 4.44. The number of rotatable bonds is 6. The predicted molar refractivity (Wildman–Crippen MR) is 112 cm³/mol. The van der Waals surface area contributed by atoms with Gasteiger partial charge in [0.2, 0.25) is 0 Å². The summed E-state index contributed by atoms with van der Waals surface area (Å²) in [4.78, 5) is 14.3. The summed E-state index contributed by atoms with van der Waals surface area (Å²) in [5, 5.41) is 13.7. The molecule has 1 fully saturated rings. The molecule has 1 aliphatic heterocycles. The van der Waals surface area contributed by atoms with Crippen molar-refractivity contribution in [1.82, 2.24) is 10.2 Å². The topological polar surface area (TPSA) is 52.6 Å². The summed E-state index contributed by atoms with van der Waals surface area (Å²) < 4.78 is 43.3. The number of halogens is 4. The summed E-state index contributed by atoms with van der Waals surface area (Å²) in [7, 11) is 0. The van der Waals surface area contributed by atoms with Gasteiger partial charge < -0.3 is 15.3 Å². The Bertz CT molecular complexity index is 932. The fourth-order valence-electron chi connectivity index (χ4n) is 3.52. The fourth-order valence-corrected chi connectivity index (χ4v) is 3.97. The molecular formula is C21H22F3IN2O2. The largest absolute Gasteiger partial charge is 0.385 e. The van der Waals surface area contributed by atoms with Crippen molar-refractivity contribution in [3.8, 4) is 0 Å². The quantitative estimate of drug-likeness (QED) is 0.577. The second-order valence-electron chi connectivity index (χ2n) is 7.34. The van der Waals surface area contributed by atoms with E-state index in [0.717, 1.165) is 6.07 Å². The van der Waals surface area contributed by atoms with Crippen LogP contribution in [0.5, 0.6) is 0 Å². The average molecular weight is 518 g/mol. The molecule has 2 aromatic carbocycles. The highest BCUT2D eigenvalue weighted by molar-refractivity contribution is 14.1. The van der Waals surface area contributed by atoms with Crippen LogP contribution in [0, 0.1) is 21.0 Å². The van der Waals surface area contributed by atoms with Gasteiger partial charge in [-0.05, 0) is 65.9 Å². The van der Waals surface area contributed by atoms with E-state index in [1.807, 2.05) is 36.4 Å². The van der Waals surface area contributed by atoms with Crippen molar-refractivity contribution in [3.63, 3.8) is 0 Å². The normalized spacial score (nSPS) is 16.4. The van der Waals surface area contributed by atoms with Crippen molar-refractivity contribution in [2.45, 2.75) is 31.9 Å². The Hall–Kier alpha value is -1.65. The Morgan fingerprint density at radius 1 is 1.24 bits per heavy atom. The van der Waals surface area contributed by atoms with Crippen LogP contribution in [-0.4, -0.2) is 47.2 Å². The molecule has 0 radical (unpaired) electrons. The second kappa shape index (κ2) is 8.61. The number of benzene rings is 2. The SMILES string of the molecule is CCNC(C)C1(O)CN(C(=O)c2ccc(F)c(F)c2Cc2ccc(I)cc2F)C1. The predicted octanol–water partition coefficient (Wildman–Crippen LogP) is 3.48. The molecule has 0 aromatic heterocycles. The zero-order valence-corrected chi connectivity index (χ0v) is 18.3. The number of β-amino-alcohol motifs (C(OH)–C–C–N with tert-alkyl or cyclic N) is 1.